The van der Waals surface area contributed by atoms with E-state index in [4.69, 9.17) is 4.74 Å². The van der Waals surface area contributed by atoms with E-state index in [1.165, 1.54) is 76.3 Å². The molecule has 0 N–H and O–H groups in total. The fourth-order valence-corrected chi connectivity index (χ4v) is 3.93. The van der Waals surface area contributed by atoms with Crippen LogP contribution in [0.3, 0.4) is 0 Å². The van der Waals surface area contributed by atoms with Crippen molar-refractivity contribution >= 4 is 0 Å². The van der Waals surface area contributed by atoms with Crippen molar-refractivity contribution in [1.29, 1.82) is 0 Å². The summed E-state index contributed by atoms with van der Waals surface area (Å²) in [6.45, 7) is 7.70. The third-order valence-corrected chi connectivity index (χ3v) is 5.76. The van der Waals surface area contributed by atoms with Crippen molar-refractivity contribution in [3.05, 3.63) is 35.4 Å². The third kappa shape index (κ3) is 7.92. The predicted molar refractivity (Wildman–Crippen MR) is 108 cm³/mol. The standard InChI is InChI=1S/C23H40NO/c1-3-4-5-6-7-8-9-10-13-19-25-20-18-24(2)17-16-22-14-11-12-15-23(22)21-24/h11-12,14-15H,3-10,13,16-21H2,1-2H3/q+1. The second kappa shape index (κ2) is 11.7. The second-order valence-electron chi connectivity index (χ2n) is 8.18. The van der Waals surface area contributed by atoms with Crippen LogP contribution in [0.2, 0.25) is 0 Å². The Kier molecular flexibility index (Phi) is 9.57. The molecular weight excluding hydrogens is 306 g/mol. The minimum absolute atomic E-state index is 0.912. The van der Waals surface area contributed by atoms with E-state index in [9.17, 15) is 0 Å². The SMILES string of the molecule is CCCCCCCCCCCOCC[N+]1(C)CCc2ccccc2C1. The summed E-state index contributed by atoms with van der Waals surface area (Å²) >= 11 is 0. The van der Waals surface area contributed by atoms with Crippen molar-refractivity contribution in [3.8, 4) is 0 Å². The van der Waals surface area contributed by atoms with Crippen LogP contribution in [0.1, 0.15) is 75.8 Å². The number of rotatable bonds is 13. The molecule has 1 aliphatic heterocycles. The van der Waals surface area contributed by atoms with Crippen molar-refractivity contribution in [2.75, 3.05) is 33.4 Å². The number of nitrogens with zero attached hydrogens (tertiary/aromatic N) is 1. The van der Waals surface area contributed by atoms with Gasteiger partial charge in [-0.25, -0.2) is 0 Å². The molecule has 1 unspecified atom stereocenters. The van der Waals surface area contributed by atoms with E-state index in [1.54, 1.807) is 5.56 Å². The number of hydrogen-bond acceptors (Lipinski definition) is 1. The number of likely N-dealkylation sites (N-methyl/N-ethyl adjacent to an activating group) is 1. The smallest absolute Gasteiger partial charge is 0.105 e. The number of hydrogen-bond donors (Lipinski definition) is 0. The maximum Gasteiger partial charge on any atom is 0.105 e. The Morgan fingerprint density at radius 3 is 2.20 bits per heavy atom. The van der Waals surface area contributed by atoms with Gasteiger partial charge in [-0.2, -0.15) is 0 Å². The average Bonchev–Trinajstić information content (AvgIpc) is 2.62. The van der Waals surface area contributed by atoms with Gasteiger partial charge in [-0.15, -0.1) is 0 Å². The molecule has 2 nitrogen and oxygen atoms in total. The maximum absolute atomic E-state index is 5.93. The fraction of sp³-hybridized carbons (Fsp3) is 0.739. The highest BCUT2D eigenvalue weighted by Gasteiger charge is 2.27. The van der Waals surface area contributed by atoms with E-state index in [0.29, 0.717) is 0 Å². The summed E-state index contributed by atoms with van der Waals surface area (Å²) in [4.78, 5) is 0. The molecule has 0 amide bonds. The maximum atomic E-state index is 5.93. The minimum Gasteiger partial charge on any atom is -0.376 e. The number of ether oxygens (including phenoxy) is 1. The average molecular weight is 347 g/mol. The summed E-state index contributed by atoms with van der Waals surface area (Å²) in [7, 11) is 2.39. The fourth-order valence-electron chi connectivity index (χ4n) is 3.93. The molecule has 1 atom stereocenters. The van der Waals surface area contributed by atoms with Crippen molar-refractivity contribution in [1.82, 2.24) is 0 Å². The zero-order valence-electron chi connectivity index (χ0n) is 16.8. The molecule has 25 heavy (non-hydrogen) atoms. The Morgan fingerprint density at radius 2 is 1.48 bits per heavy atom. The first-order valence-electron chi connectivity index (χ1n) is 10.7. The first-order chi connectivity index (χ1) is 12.2. The van der Waals surface area contributed by atoms with Crippen LogP contribution < -0.4 is 0 Å². The minimum atomic E-state index is 0.912. The highest BCUT2D eigenvalue weighted by atomic mass is 16.5. The van der Waals surface area contributed by atoms with Crippen LogP contribution in [0.25, 0.3) is 0 Å². The lowest BCUT2D eigenvalue weighted by molar-refractivity contribution is -0.924. The monoisotopic (exact) mass is 346 g/mol. The van der Waals surface area contributed by atoms with Gasteiger partial charge in [0.15, 0.2) is 0 Å². The van der Waals surface area contributed by atoms with E-state index < -0.39 is 0 Å². The number of quaternary nitrogens is 1. The number of benzene rings is 1. The lowest BCUT2D eigenvalue weighted by atomic mass is 9.98. The van der Waals surface area contributed by atoms with Crippen LogP contribution in [0.4, 0.5) is 0 Å². The highest BCUT2D eigenvalue weighted by Crippen LogP contribution is 2.23. The largest absolute Gasteiger partial charge is 0.376 e. The Morgan fingerprint density at radius 1 is 0.840 bits per heavy atom. The molecule has 0 aromatic heterocycles. The van der Waals surface area contributed by atoms with Crippen LogP contribution in [0.15, 0.2) is 24.3 Å². The molecule has 2 heteroatoms. The molecular formula is C23H40NO+. The van der Waals surface area contributed by atoms with E-state index in [1.807, 2.05) is 0 Å². The molecule has 0 bridgehead atoms. The Balaban J connectivity index is 1.46. The van der Waals surface area contributed by atoms with Crippen LogP contribution in [0, 0.1) is 0 Å². The van der Waals surface area contributed by atoms with Gasteiger partial charge in [0.1, 0.15) is 13.1 Å². The molecule has 1 aliphatic rings. The van der Waals surface area contributed by atoms with Gasteiger partial charge in [0, 0.05) is 18.6 Å². The van der Waals surface area contributed by atoms with Gasteiger partial charge in [0.2, 0.25) is 0 Å². The summed E-state index contributed by atoms with van der Waals surface area (Å²) in [6.07, 6.45) is 13.7. The van der Waals surface area contributed by atoms with Crippen molar-refractivity contribution in [3.63, 3.8) is 0 Å². The summed E-state index contributed by atoms with van der Waals surface area (Å²) in [5.41, 5.74) is 3.09. The molecule has 0 aliphatic carbocycles. The molecule has 2 rings (SSSR count). The first-order valence-corrected chi connectivity index (χ1v) is 10.7. The highest BCUT2D eigenvalue weighted by molar-refractivity contribution is 5.27. The Hall–Kier alpha value is -0.860. The molecule has 0 radical (unpaired) electrons. The zero-order chi connectivity index (χ0) is 17.8. The lowest BCUT2D eigenvalue weighted by Gasteiger charge is -2.38. The molecule has 1 heterocycles. The van der Waals surface area contributed by atoms with Gasteiger partial charge in [0.05, 0.1) is 20.2 Å². The van der Waals surface area contributed by atoms with Gasteiger partial charge >= 0.3 is 0 Å². The second-order valence-corrected chi connectivity index (χ2v) is 8.18. The van der Waals surface area contributed by atoms with Gasteiger partial charge in [-0.05, 0) is 12.0 Å². The van der Waals surface area contributed by atoms with E-state index in [-0.39, 0.29) is 0 Å². The van der Waals surface area contributed by atoms with E-state index >= 15 is 0 Å². The van der Waals surface area contributed by atoms with E-state index in [2.05, 4.69) is 38.2 Å². The molecule has 0 spiro atoms. The first kappa shape index (κ1) is 20.5. The normalized spacial score (nSPS) is 19.8. The summed E-state index contributed by atoms with van der Waals surface area (Å²) in [5.74, 6) is 0. The van der Waals surface area contributed by atoms with Gasteiger partial charge in [-0.3, -0.25) is 0 Å². The lowest BCUT2D eigenvalue weighted by Crippen LogP contribution is -2.49. The molecule has 0 fully saturated rings. The van der Waals surface area contributed by atoms with Gasteiger partial charge in [0.25, 0.3) is 0 Å². The summed E-state index contributed by atoms with van der Waals surface area (Å²) < 4.78 is 7.07. The van der Waals surface area contributed by atoms with Crippen molar-refractivity contribution < 1.29 is 9.22 Å². The van der Waals surface area contributed by atoms with Gasteiger partial charge in [-0.1, -0.05) is 82.6 Å². The molecule has 0 saturated carbocycles. The Labute approximate surface area is 156 Å². The quantitative estimate of drug-likeness (QED) is 0.327. The van der Waals surface area contributed by atoms with Gasteiger partial charge < -0.3 is 9.22 Å². The van der Waals surface area contributed by atoms with Crippen LogP contribution in [-0.2, 0) is 17.7 Å². The third-order valence-electron chi connectivity index (χ3n) is 5.76. The van der Waals surface area contributed by atoms with Crippen LogP contribution in [0.5, 0.6) is 0 Å². The zero-order valence-corrected chi connectivity index (χ0v) is 16.8. The number of fused-ring (bicyclic) bond motifs is 1. The molecule has 1 aromatic carbocycles. The van der Waals surface area contributed by atoms with Crippen molar-refractivity contribution in [2.24, 2.45) is 0 Å². The molecule has 1 aromatic rings. The summed E-state index contributed by atoms with van der Waals surface area (Å²) in [5, 5.41) is 0. The van der Waals surface area contributed by atoms with Crippen LogP contribution in [-0.4, -0.2) is 37.8 Å². The predicted octanol–water partition coefficient (Wildman–Crippen LogP) is 5.74. The van der Waals surface area contributed by atoms with Crippen molar-refractivity contribution in [2.45, 2.75) is 77.7 Å². The number of unbranched alkanes of at least 4 members (excludes halogenated alkanes) is 8. The Bertz CT molecular complexity index is 473. The molecule has 0 saturated heterocycles. The van der Waals surface area contributed by atoms with E-state index in [0.717, 1.165) is 30.8 Å². The molecule has 142 valence electrons. The topological polar surface area (TPSA) is 9.23 Å². The van der Waals surface area contributed by atoms with Crippen LogP contribution >= 0.6 is 0 Å². The summed E-state index contributed by atoms with van der Waals surface area (Å²) in [6, 6.07) is 8.94.